The third kappa shape index (κ3) is 3.19. The van der Waals surface area contributed by atoms with Crippen molar-refractivity contribution in [2.75, 3.05) is 14.2 Å². The quantitative estimate of drug-likeness (QED) is 0.540. The van der Waals surface area contributed by atoms with Crippen LogP contribution in [0.25, 0.3) is 0 Å². The Morgan fingerprint density at radius 3 is 2.73 bits per heavy atom. The van der Waals surface area contributed by atoms with E-state index < -0.39 is 5.97 Å². The van der Waals surface area contributed by atoms with Crippen molar-refractivity contribution in [2.24, 2.45) is 0 Å². The van der Waals surface area contributed by atoms with Gasteiger partial charge in [0.05, 0.1) is 19.8 Å². The smallest absolute Gasteiger partial charge is 0.384 e. The van der Waals surface area contributed by atoms with Crippen LogP contribution in [0.2, 0.25) is 5.02 Å². The number of benzene rings is 1. The van der Waals surface area contributed by atoms with E-state index in [2.05, 4.69) is 16.6 Å². The monoisotopic (exact) mass is 224 g/mol. The van der Waals surface area contributed by atoms with Gasteiger partial charge in [0, 0.05) is 17.0 Å². The molecule has 0 amide bonds. The number of carbonyl (C=O) groups excluding carboxylic acids is 1. The Morgan fingerprint density at radius 2 is 2.13 bits per heavy atom. The molecule has 0 N–H and O–H groups in total. The molecular formula is C11H9ClO3. The summed E-state index contributed by atoms with van der Waals surface area (Å²) >= 11 is 5.77. The lowest BCUT2D eigenvalue weighted by molar-refractivity contribution is -0.133. The molecule has 0 aliphatic heterocycles. The van der Waals surface area contributed by atoms with E-state index in [0.717, 1.165) is 0 Å². The number of hydrogen-bond donors (Lipinski definition) is 0. The van der Waals surface area contributed by atoms with Crippen LogP contribution in [-0.4, -0.2) is 20.2 Å². The van der Waals surface area contributed by atoms with Crippen molar-refractivity contribution in [1.29, 1.82) is 0 Å². The Bertz CT molecular complexity index is 429. The molecule has 0 saturated carbocycles. The zero-order valence-electron chi connectivity index (χ0n) is 8.33. The van der Waals surface area contributed by atoms with E-state index in [-0.39, 0.29) is 0 Å². The van der Waals surface area contributed by atoms with Crippen molar-refractivity contribution in [2.45, 2.75) is 0 Å². The Labute approximate surface area is 92.9 Å². The van der Waals surface area contributed by atoms with Gasteiger partial charge in [-0.3, -0.25) is 0 Å². The molecule has 1 aromatic carbocycles. The molecule has 0 fully saturated rings. The minimum absolute atomic E-state index is 0.527. The van der Waals surface area contributed by atoms with E-state index in [1.807, 2.05) is 0 Å². The zero-order valence-corrected chi connectivity index (χ0v) is 9.09. The highest BCUT2D eigenvalue weighted by atomic mass is 35.5. The summed E-state index contributed by atoms with van der Waals surface area (Å²) in [5.41, 5.74) is 0.590. The molecule has 0 atom stereocenters. The summed E-state index contributed by atoms with van der Waals surface area (Å²) in [4.78, 5) is 10.8. The number of rotatable bonds is 1. The summed E-state index contributed by atoms with van der Waals surface area (Å²) in [6.45, 7) is 0. The van der Waals surface area contributed by atoms with E-state index in [1.54, 1.807) is 18.2 Å². The Morgan fingerprint density at radius 1 is 1.40 bits per heavy atom. The molecular weight excluding hydrogens is 216 g/mol. The van der Waals surface area contributed by atoms with Gasteiger partial charge in [-0.25, -0.2) is 4.79 Å². The molecule has 1 rings (SSSR count). The second-order valence-electron chi connectivity index (χ2n) is 2.59. The van der Waals surface area contributed by atoms with Gasteiger partial charge in [-0.1, -0.05) is 17.5 Å². The van der Waals surface area contributed by atoms with E-state index in [1.165, 1.54) is 14.2 Å². The fourth-order valence-corrected chi connectivity index (χ4v) is 1.10. The third-order valence-electron chi connectivity index (χ3n) is 1.65. The van der Waals surface area contributed by atoms with Crippen LogP contribution in [0.15, 0.2) is 18.2 Å². The maximum atomic E-state index is 10.8. The average Bonchev–Trinajstić information content (AvgIpc) is 2.26. The molecule has 0 heterocycles. The van der Waals surface area contributed by atoms with Crippen LogP contribution in [0, 0.1) is 11.8 Å². The fraction of sp³-hybridized carbons (Fsp3) is 0.182. The van der Waals surface area contributed by atoms with Crippen LogP contribution >= 0.6 is 11.6 Å². The molecule has 0 radical (unpaired) electrons. The Kier molecular flexibility index (Phi) is 4.02. The minimum Gasteiger partial charge on any atom is -0.495 e. The number of ether oxygens (including phenoxy) is 2. The van der Waals surface area contributed by atoms with Gasteiger partial charge in [-0.2, -0.15) is 0 Å². The summed E-state index contributed by atoms with van der Waals surface area (Å²) in [5, 5.41) is 0.551. The fourth-order valence-electron chi connectivity index (χ4n) is 0.938. The molecule has 15 heavy (non-hydrogen) atoms. The minimum atomic E-state index is -0.591. The highest BCUT2D eigenvalue weighted by molar-refractivity contribution is 6.30. The molecule has 3 nitrogen and oxygen atoms in total. The van der Waals surface area contributed by atoms with Crippen molar-refractivity contribution in [3.63, 3.8) is 0 Å². The standard InChI is InChI=1S/C11H9ClO3/c1-14-10-7-9(12)5-3-8(10)4-6-11(13)15-2/h3,5,7H,1-2H3. The van der Waals surface area contributed by atoms with Crippen LogP contribution in [0.1, 0.15) is 5.56 Å². The van der Waals surface area contributed by atoms with Gasteiger partial charge in [-0.05, 0) is 12.1 Å². The van der Waals surface area contributed by atoms with Gasteiger partial charge >= 0.3 is 5.97 Å². The normalized spacial score (nSPS) is 8.73. The zero-order chi connectivity index (χ0) is 11.3. The van der Waals surface area contributed by atoms with Crippen LogP contribution in [0.4, 0.5) is 0 Å². The number of hydrogen-bond acceptors (Lipinski definition) is 3. The SMILES string of the molecule is COC(=O)C#Cc1ccc(Cl)cc1OC. The highest BCUT2D eigenvalue weighted by Gasteiger charge is 2.01. The molecule has 4 heteroatoms. The van der Waals surface area contributed by atoms with Gasteiger partial charge in [-0.15, -0.1) is 0 Å². The lowest BCUT2D eigenvalue weighted by Gasteiger charge is -2.02. The first-order valence-electron chi connectivity index (χ1n) is 4.11. The van der Waals surface area contributed by atoms with Gasteiger partial charge in [0.15, 0.2) is 0 Å². The summed E-state index contributed by atoms with van der Waals surface area (Å²) in [6.07, 6.45) is 0. The first-order valence-corrected chi connectivity index (χ1v) is 4.48. The maximum Gasteiger partial charge on any atom is 0.384 e. The summed E-state index contributed by atoms with van der Waals surface area (Å²) in [5.74, 6) is 4.88. The van der Waals surface area contributed by atoms with E-state index >= 15 is 0 Å². The van der Waals surface area contributed by atoms with Crippen molar-refractivity contribution in [3.05, 3.63) is 28.8 Å². The Hall–Kier alpha value is -1.66. The van der Waals surface area contributed by atoms with Crippen molar-refractivity contribution < 1.29 is 14.3 Å². The van der Waals surface area contributed by atoms with E-state index in [9.17, 15) is 4.79 Å². The second kappa shape index (κ2) is 5.28. The second-order valence-corrected chi connectivity index (χ2v) is 3.02. The predicted octanol–water partition coefficient (Wildman–Crippen LogP) is 1.87. The summed E-state index contributed by atoms with van der Waals surface area (Å²) < 4.78 is 9.44. The predicted molar refractivity (Wildman–Crippen MR) is 56.9 cm³/mol. The molecule has 0 unspecified atom stereocenters. The highest BCUT2D eigenvalue weighted by Crippen LogP contribution is 2.21. The third-order valence-corrected chi connectivity index (χ3v) is 1.88. The van der Waals surface area contributed by atoms with Gasteiger partial charge in [0.25, 0.3) is 0 Å². The maximum absolute atomic E-state index is 10.8. The Balaban J connectivity index is 3.02. The van der Waals surface area contributed by atoms with E-state index in [4.69, 9.17) is 16.3 Å². The van der Waals surface area contributed by atoms with Crippen LogP contribution in [-0.2, 0) is 9.53 Å². The number of halogens is 1. The first kappa shape index (κ1) is 11.4. The number of esters is 1. The lowest BCUT2D eigenvalue weighted by Crippen LogP contribution is -1.95. The van der Waals surface area contributed by atoms with E-state index in [0.29, 0.717) is 16.3 Å². The molecule has 0 bridgehead atoms. The molecule has 1 aromatic rings. The van der Waals surface area contributed by atoms with Crippen molar-refractivity contribution in [1.82, 2.24) is 0 Å². The first-order chi connectivity index (χ1) is 7.17. The van der Waals surface area contributed by atoms with Gasteiger partial charge < -0.3 is 9.47 Å². The van der Waals surface area contributed by atoms with Gasteiger partial charge in [0.1, 0.15) is 5.75 Å². The lowest BCUT2D eigenvalue weighted by atomic mass is 10.2. The molecule has 0 aromatic heterocycles. The largest absolute Gasteiger partial charge is 0.495 e. The van der Waals surface area contributed by atoms with Crippen LogP contribution < -0.4 is 4.74 Å². The summed E-state index contributed by atoms with van der Waals surface area (Å²) in [6, 6.07) is 4.98. The van der Waals surface area contributed by atoms with Gasteiger partial charge in [0.2, 0.25) is 0 Å². The van der Waals surface area contributed by atoms with Crippen LogP contribution in [0.3, 0.4) is 0 Å². The average molecular weight is 225 g/mol. The summed E-state index contributed by atoms with van der Waals surface area (Å²) in [7, 11) is 2.78. The molecule has 0 spiro atoms. The topological polar surface area (TPSA) is 35.5 Å². The van der Waals surface area contributed by atoms with Crippen LogP contribution in [0.5, 0.6) is 5.75 Å². The van der Waals surface area contributed by atoms with Crippen molar-refractivity contribution in [3.8, 4) is 17.6 Å². The molecule has 0 saturated heterocycles. The number of carbonyl (C=O) groups is 1. The molecule has 78 valence electrons. The molecule has 0 aliphatic rings. The van der Waals surface area contributed by atoms with Crippen molar-refractivity contribution >= 4 is 17.6 Å². The number of methoxy groups -OCH3 is 2. The molecule has 0 aliphatic carbocycles.